The Balaban J connectivity index is 2.30. The summed E-state index contributed by atoms with van der Waals surface area (Å²) >= 11 is 0. The van der Waals surface area contributed by atoms with Gasteiger partial charge in [-0.15, -0.1) is 0 Å². The standard InChI is InChI=1S/C14H12N6/c15-6-11(7-16)14(8-17)20-12-2-1-10-9-18-3-4-19-13(10)5-12/h1-2,5,18-20H,3-4,9H2. The molecule has 98 valence electrons. The van der Waals surface area contributed by atoms with Crippen molar-refractivity contribution in [1.29, 1.82) is 15.8 Å². The molecule has 0 spiro atoms. The lowest BCUT2D eigenvalue weighted by molar-refractivity contribution is 0.725. The van der Waals surface area contributed by atoms with Crippen molar-refractivity contribution < 1.29 is 0 Å². The van der Waals surface area contributed by atoms with Crippen molar-refractivity contribution in [3.63, 3.8) is 0 Å². The number of nitrogens with zero attached hydrogens (tertiary/aromatic N) is 3. The molecule has 1 aromatic carbocycles. The fourth-order valence-electron chi connectivity index (χ4n) is 1.91. The second-order valence-electron chi connectivity index (χ2n) is 4.19. The smallest absolute Gasteiger partial charge is 0.163 e. The van der Waals surface area contributed by atoms with Crippen molar-refractivity contribution in [1.82, 2.24) is 5.32 Å². The van der Waals surface area contributed by atoms with Gasteiger partial charge < -0.3 is 16.0 Å². The van der Waals surface area contributed by atoms with Gasteiger partial charge in [-0.3, -0.25) is 0 Å². The van der Waals surface area contributed by atoms with E-state index in [-0.39, 0.29) is 11.3 Å². The number of anilines is 2. The minimum atomic E-state index is -0.225. The van der Waals surface area contributed by atoms with Crippen molar-refractivity contribution in [2.24, 2.45) is 0 Å². The van der Waals surface area contributed by atoms with Gasteiger partial charge in [0.15, 0.2) is 5.57 Å². The van der Waals surface area contributed by atoms with Crippen molar-refractivity contribution in [2.75, 3.05) is 23.7 Å². The average molecular weight is 264 g/mol. The first kappa shape index (κ1) is 13.4. The van der Waals surface area contributed by atoms with Crippen LogP contribution in [0.25, 0.3) is 0 Å². The number of rotatable bonds is 2. The lowest BCUT2D eigenvalue weighted by atomic mass is 10.1. The topological polar surface area (TPSA) is 107 Å². The Hall–Kier alpha value is -3.01. The predicted octanol–water partition coefficient (Wildman–Crippen LogP) is 1.44. The maximum Gasteiger partial charge on any atom is 0.163 e. The summed E-state index contributed by atoms with van der Waals surface area (Å²) in [5, 5.41) is 36.0. The first-order valence-electron chi connectivity index (χ1n) is 6.07. The molecule has 6 nitrogen and oxygen atoms in total. The molecule has 20 heavy (non-hydrogen) atoms. The molecule has 0 aromatic heterocycles. The second-order valence-corrected chi connectivity index (χ2v) is 4.19. The van der Waals surface area contributed by atoms with Crippen LogP contribution in [0.4, 0.5) is 11.4 Å². The van der Waals surface area contributed by atoms with Crippen LogP contribution in [-0.4, -0.2) is 13.1 Å². The molecule has 6 heteroatoms. The van der Waals surface area contributed by atoms with Gasteiger partial charge in [0.25, 0.3) is 0 Å². The van der Waals surface area contributed by atoms with Crippen molar-refractivity contribution in [2.45, 2.75) is 6.54 Å². The normalized spacial score (nSPS) is 12.4. The Labute approximate surface area is 116 Å². The van der Waals surface area contributed by atoms with Gasteiger partial charge in [0, 0.05) is 31.0 Å². The molecule has 2 rings (SSSR count). The van der Waals surface area contributed by atoms with Crippen molar-refractivity contribution in [3.8, 4) is 18.2 Å². The Morgan fingerprint density at radius 2 is 1.90 bits per heavy atom. The van der Waals surface area contributed by atoms with Crippen molar-refractivity contribution in [3.05, 3.63) is 35.0 Å². The highest BCUT2D eigenvalue weighted by atomic mass is 15.0. The summed E-state index contributed by atoms with van der Waals surface area (Å²) in [5.74, 6) is 0. The van der Waals surface area contributed by atoms with E-state index in [1.807, 2.05) is 24.3 Å². The number of hydrogen-bond donors (Lipinski definition) is 3. The quantitative estimate of drug-likeness (QED) is 0.697. The molecule has 1 aliphatic rings. The van der Waals surface area contributed by atoms with E-state index in [0.717, 1.165) is 30.9 Å². The van der Waals surface area contributed by atoms with Crippen LogP contribution >= 0.6 is 0 Å². The maximum absolute atomic E-state index is 9.01. The van der Waals surface area contributed by atoms with Gasteiger partial charge in [-0.25, -0.2) is 0 Å². The molecule has 1 heterocycles. The number of nitrogens with one attached hydrogen (secondary N) is 3. The second kappa shape index (κ2) is 6.24. The molecule has 0 radical (unpaired) electrons. The third kappa shape index (κ3) is 2.87. The molecule has 0 fully saturated rings. The summed E-state index contributed by atoms with van der Waals surface area (Å²) in [4.78, 5) is 0. The Kier molecular flexibility index (Phi) is 4.19. The SMILES string of the molecule is N#CC(C#N)=C(C#N)Nc1ccc2c(c1)NCCNC2. The molecular weight excluding hydrogens is 252 g/mol. The van der Waals surface area contributed by atoms with E-state index in [2.05, 4.69) is 16.0 Å². The summed E-state index contributed by atoms with van der Waals surface area (Å²) in [6.45, 7) is 2.48. The highest BCUT2D eigenvalue weighted by molar-refractivity contribution is 5.66. The van der Waals surface area contributed by atoms with Gasteiger partial charge >= 0.3 is 0 Å². The van der Waals surface area contributed by atoms with Gasteiger partial charge in [-0.05, 0) is 17.7 Å². The molecule has 0 bridgehead atoms. The van der Waals surface area contributed by atoms with Gasteiger partial charge in [-0.2, -0.15) is 15.8 Å². The molecule has 1 aromatic rings. The van der Waals surface area contributed by atoms with Crippen molar-refractivity contribution >= 4 is 11.4 Å². The van der Waals surface area contributed by atoms with Crippen LogP contribution in [0.3, 0.4) is 0 Å². The van der Waals surface area contributed by atoms with Gasteiger partial charge in [0.2, 0.25) is 0 Å². The van der Waals surface area contributed by atoms with Gasteiger partial charge in [-0.1, -0.05) is 6.07 Å². The van der Waals surface area contributed by atoms with E-state index < -0.39 is 0 Å². The average Bonchev–Trinajstić information content (AvgIpc) is 2.72. The summed E-state index contributed by atoms with van der Waals surface area (Å²) in [6, 6.07) is 10.9. The van der Waals surface area contributed by atoms with Crippen LogP contribution < -0.4 is 16.0 Å². The van der Waals surface area contributed by atoms with E-state index in [0.29, 0.717) is 5.69 Å². The molecule has 0 saturated heterocycles. The van der Waals surface area contributed by atoms with Crippen LogP contribution in [0.5, 0.6) is 0 Å². The van der Waals surface area contributed by atoms with E-state index in [9.17, 15) is 0 Å². The molecule has 3 N–H and O–H groups in total. The van der Waals surface area contributed by atoms with E-state index in [1.165, 1.54) is 0 Å². The molecule has 0 unspecified atom stereocenters. The zero-order valence-electron chi connectivity index (χ0n) is 10.7. The fourth-order valence-corrected chi connectivity index (χ4v) is 1.91. The van der Waals surface area contributed by atoms with Crippen LogP contribution in [-0.2, 0) is 6.54 Å². The van der Waals surface area contributed by atoms with Crippen LogP contribution in [0.15, 0.2) is 29.5 Å². The number of hydrogen-bond acceptors (Lipinski definition) is 6. The van der Waals surface area contributed by atoms with E-state index in [1.54, 1.807) is 12.1 Å². The van der Waals surface area contributed by atoms with E-state index in [4.69, 9.17) is 15.8 Å². The number of nitriles is 3. The predicted molar refractivity (Wildman–Crippen MR) is 74.1 cm³/mol. The first-order valence-corrected chi connectivity index (χ1v) is 6.07. The van der Waals surface area contributed by atoms with E-state index >= 15 is 0 Å². The molecule has 1 aliphatic heterocycles. The van der Waals surface area contributed by atoms with Crippen LogP contribution in [0.2, 0.25) is 0 Å². The highest BCUT2D eigenvalue weighted by Gasteiger charge is 2.10. The van der Waals surface area contributed by atoms with Crippen LogP contribution in [0, 0.1) is 34.0 Å². The fraction of sp³-hybridized carbons (Fsp3) is 0.214. The summed E-state index contributed by atoms with van der Waals surface area (Å²) in [7, 11) is 0. The largest absolute Gasteiger partial charge is 0.383 e. The molecular formula is C14H12N6. The summed E-state index contributed by atoms with van der Waals surface area (Å²) in [6.07, 6.45) is 0. The maximum atomic E-state index is 9.01. The molecule has 0 amide bonds. The van der Waals surface area contributed by atoms with Crippen LogP contribution in [0.1, 0.15) is 5.56 Å². The third-order valence-electron chi connectivity index (χ3n) is 2.90. The number of benzene rings is 1. The molecule has 0 aliphatic carbocycles. The monoisotopic (exact) mass is 264 g/mol. The Bertz CT molecular complexity index is 652. The minimum Gasteiger partial charge on any atom is -0.383 e. The lowest BCUT2D eigenvalue weighted by Gasteiger charge is -2.11. The van der Waals surface area contributed by atoms with Gasteiger partial charge in [0.1, 0.15) is 23.9 Å². The molecule has 0 atom stereocenters. The van der Waals surface area contributed by atoms with Gasteiger partial charge in [0.05, 0.1) is 0 Å². The number of fused-ring (bicyclic) bond motifs is 1. The third-order valence-corrected chi connectivity index (χ3v) is 2.90. The first-order chi connectivity index (χ1) is 9.78. The molecule has 0 saturated carbocycles. The number of allylic oxidation sites excluding steroid dienone is 2. The summed E-state index contributed by atoms with van der Waals surface area (Å²) in [5.41, 5.74) is 2.51. The minimum absolute atomic E-state index is 0.0401. The lowest BCUT2D eigenvalue weighted by Crippen LogP contribution is -2.16. The summed E-state index contributed by atoms with van der Waals surface area (Å²) < 4.78 is 0. The highest BCUT2D eigenvalue weighted by Crippen LogP contribution is 2.23. The zero-order chi connectivity index (χ0) is 14.4. The Morgan fingerprint density at radius 1 is 1.10 bits per heavy atom. The zero-order valence-corrected chi connectivity index (χ0v) is 10.7. The Morgan fingerprint density at radius 3 is 2.60 bits per heavy atom.